The van der Waals surface area contributed by atoms with Gasteiger partial charge in [-0.05, 0) is 48.7 Å². The maximum absolute atomic E-state index is 13.0. The highest BCUT2D eigenvalue weighted by Crippen LogP contribution is 2.28. The van der Waals surface area contributed by atoms with Gasteiger partial charge in [0.05, 0.1) is 17.6 Å². The molecule has 1 aromatic heterocycles. The van der Waals surface area contributed by atoms with Gasteiger partial charge in [0.1, 0.15) is 6.61 Å². The van der Waals surface area contributed by atoms with Crippen molar-refractivity contribution >= 4 is 40.2 Å². The molecule has 0 unspecified atom stereocenters. The van der Waals surface area contributed by atoms with Gasteiger partial charge in [-0.15, -0.1) is 0 Å². The van der Waals surface area contributed by atoms with Crippen LogP contribution in [0.5, 0.6) is 0 Å². The number of ether oxygens (including phenoxy) is 1. The number of rotatable bonds is 6. The molecule has 9 nitrogen and oxygen atoms in total. The molecule has 3 N–H and O–H groups in total. The molecule has 0 atom stereocenters. The van der Waals surface area contributed by atoms with Crippen LogP contribution in [0.15, 0.2) is 36.4 Å². The maximum Gasteiger partial charge on any atom is 0.258 e. The molecule has 1 fully saturated rings. The van der Waals surface area contributed by atoms with Gasteiger partial charge in [-0.2, -0.15) is 0 Å². The molecule has 2 aromatic carbocycles. The summed E-state index contributed by atoms with van der Waals surface area (Å²) >= 11 is 0. The van der Waals surface area contributed by atoms with Crippen LogP contribution in [0.4, 0.5) is 17.3 Å². The quantitative estimate of drug-likeness (QED) is 0.547. The van der Waals surface area contributed by atoms with E-state index in [-0.39, 0.29) is 25.0 Å². The lowest BCUT2D eigenvalue weighted by Crippen LogP contribution is -2.41. The Labute approximate surface area is 185 Å². The van der Waals surface area contributed by atoms with Crippen LogP contribution in [0.3, 0.4) is 0 Å². The lowest BCUT2D eigenvalue weighted by atomic mass is 10.1. The van der Waals surface area contributed by atoms with Crippen molar-refractivity contribution in [3.05, 3.63) is 47.5 Å². The highest BCUT2D eigenvalue weighted by molar-refractivity contribution is 6.05. The zero-order chi connectivity index (χ0) is 22.1. The molecule has 2 amide bonds. The van der Waals surface area contributed by atoms with Crippen molar-refractivity contribution in [2.24, 2.45) is 0 Å². The molecule has 9 heteroatoms. The SMILES string of the molecule is O=C(Nc1nc2cc(N3CCOCC3=O)ccc2n1CCCO)c1ccc2c(c1)NCC2. The molecular weight excluding hydrogens is 410 g/mol. The summed E-state index contributed by atoms with van der Waals surface area (Å²) in [7, 11) is 0. The van der Waals surface area contributed by atoms with Crippen LogP contribution in [-0.4, -0.2) is 59.4 Å². The van der Waals surface area contributed by atoms with E-state index in [1.54, 1.807) is 4.90 Å². The molecule has 32 heavy (non-hydrogen) atoms. The molecule has 2 aliphatic heterocycles. The number of anilines is 3. The van der Waals surface area contributed by atoms with Gasteiger partial charge in [0.15, 0.2) is 0 Å². The Morgan fingerprint density at radius 1 is 1.25 bits per heavy atom. The van der Waals surface area contributed by atoms with E-state index in [1.807, 2.05) is 41.0 Å². The number of nitrogens with one attached hydrogen (secondary N) is 2. The number of imidazole rings is 1. The first-order valence-corrected chi connectivity index (χ1v) is 10.8. The standard InChI is InChI=1S/C23H25N5O4/c29-10-1-8-28-20-5-4-17(27-9-11-32-14-21(27)30)13-19(20)25-23(28)26-22(31)16-3-2-15-6-7-24-18(15)12-16/h2-5,12-13,24,29H,1,6-11,14H2,(H,25,26,31). The highest BCUT2D eigenvalue weighted by Gasteiger charge is 2.22. The minimum Gasteiger partial charge on any atom is -0.396 e. The van der Waals surface area contributed by atoms with E-state index in [2.05, 4.69) is 15.6 Å². The Hall–Kier alpha value is -3.43. The van der Waals surface area contributed by atoms with Crippen LogP contribution in [-0.2, 0) is 22.5 Å². The van der Waals surface area contributed by atoms with Gasteiger partial charge >= 0.3 is 0 Å². The number of carbonyl (C=O) groups excluding carboxylic acids is 2. The number of aliphatic hydroxyl groups excluding tert-OH is 1. The lowest BCUT2D eigenvalue weighted by molar-refractivity contribution is -0.125. The van der Waals surface area contributed by atoms with E-state index in [0.717, 1.165) is 29.9 Å². The number of amides is 2. The third kappa shape index (κ3) is 3.80. The number of aliphatic hydroxyl groups is 1. The second-order valence-corrected chi connectivity index (χ2v) is 7.94. The van der Waals surface area contributed by atoms with Crippen molar-refractivity contribution in [3.63, 3.8) is 0 Å². The van der Waals surface area contributed by atoms with Gasteiger partial charge in [-0.1, -0.05) is 6.07 Å². The Morgan fingerprint density at radius 2 is 2.16 bits per heavy atom. The number of aryl methyl sites for hydroxylation is 1. The van der Waals surface area contributed by atoms with Crippen LogP contribution >= 0.6 is 0 Å². The summed E-state index contributed by atoms with van der Waals surface area (Å²) in [6.45, 7) is 2.47. The van der Waals surface area contributed by atoms with Gasteiger partial charge in [-0.3, -0.25) is 14.9 Å². The zero-order valence-electron chi connectivity index (χ0n) is 17.6. The Kier molecular flexibility index (Phi) is 5.50. The molecule has 0 radical (unpaired) electrons. The van der Waals surface area contributed by atoms with E-state index >= 15 is 0 Å². The van der Waals surface area contributed by atoms with Crippen LogP contribution in [0, 0.1) is 0 Å². The molecule has 1 saturated heterocycles. The zero-order valence-corrected chi connectivity index (χ0v) is 17.6. The van der Waals surface area contributed by atoms with Gasteiger partial charge in [0.2, 0.25) is 5.95 Å². The summed E-state index contributed by atoms with van der Waals surface area (Å²) in [5.41, 5.74) is 5.01. The fourth-order valence-electron chi connectivity index (χ4n) is 4.23. The predicted octanol–water partition coefficient (Wildman–Crippen LogP) is 2.00. The molecule has 0 saturated carbocycles. The van der Waals surface area contributed by atoms with Crippen molar-refractivity contribution in [3.8, 4) is 0 Å². The predicted molar refractivity (Wildman–Crippen MR) is 121 cm³/mol. The minimum absolute atomic E-state index is 0.0317. The van der Waals surface area contributed by atoms with Crippen molar-refractivity contribution in [1.82, 2.24) is 9.55 Å². The number of hydrogen-bond acceptors (Lipinski definition) is 6. The van der Waals surface area contributed by atoms with E-state index in [4.69, 9.17) is 4.74 Å². The Morgan fingerprint density at radius 3 is 3.00 bits per heavy atom. The largest absolute Gasteiger partial charge is 0.396 e. The van der Waals surface area contributed by atoms with Crippen molar-refractivity contribution in [2.45, 2.75) is 19.4 Å². The molecular formula is C23H25N5O4. The van der Waals surface area contributed by atoms with Crippen molar-refractivity contribution in [1.29, 1.82) is 0 Å². The second-order valence-electron chi connectivity index (χ2n) is 7.94. The van der Waals surface area contributed by atoms with E-state index < -0.39 is 0 Å². The maximum atomic E-state index is 13.0. The fraction of sp³-hybridized carbons (Fsp3) is 0.348. The normalized spacial score (nSPS) is 15.7. The van der Waals surface area contributed by atoms with Crippen LogP contribution in [0.2, 0.25) is 0 Å². The van der Waals surface area contributed by atoms with Gasteiger partial charge in [0, 0.05) is 43.2 Å². The summed E-state index contributed by atoms with van der Waals surface area (Å²) in [5.74, 6) is 0.0806. The molecule has 0 spiro atoms. The molecule has 0 aliphatic carbocycles. The fourth-order valence-corrected chi connectivity index (χ4v) is 4.23. The molecule has 2 aliphatic rings. The number of benzene rings is 2. The number of fused-ring (bicyclic) bond motifs is 2. The molecule has 0 bridgehead atoms. The summed E-state index contributed by atoms with van der Waals surface area (Å²) < 4.78 is 7.10. The summed E-state index contributed by atoms with van der Waals surface area (Å²) in [4.78, 5) is 31.5. The minimum atomic E-state index is -0.245. The lowest BCUT2D eigenvalue weighted by Gasteiger charge is -2.26. The van der Waals surface area contributed by atoms with Crippen LogP contribution in [0.1, 0.15) is 22.3 Å². The summed E-state index contributed by atoms with van der Waals surface area (Å²) in [5, 5.41) is 15.6. The molecule has 166 valence electrons. The number of morpholine rings is 1. The molecule has 5 rings (SSSR count). The third-order valence-corrected chi connectivity index (χ3v) is 5.88. The monoisotopic (exact) mass is 435 g/mol. The second kappa shape index (κ2) is 8.60. The summed E-state index contributed by atoms with van der Waals surface area (Å²) in [6, 6.07) is 11.3. The summed E-state index contributed by atoms with van der Waals surface area (Å²) in [6.07, 6.45) is 1.49. The van der Waals surface area contributed by atoms with E-state index in [0.29, 0.717) is 43.1 Å². The number of aromatic nitrogens is 2. The average molecular weight is 435 g/mol. The Balaban J connectivity index is 1.46. The topological polar surface area (TPSA) is 109 Å². The van der Waals surface area contributed by atoms with Crippen LogP contribution < -0.4 is 15.5 Å². The van der Waals surface area contributed by atoms with Crippen LogP contribution in [0.25, 0.3) is 11.0 Å². The first-order valence-electron chi connectivity index (χ1n) is 10.8. The first-order chi connectivity index (χ1) is 15.6. The average Bonchev–Trinajstić information content (AvgIpc) is 3.41. The third-order valence-electron chi connectivity index (χ3n) is 5.88. The Bertz CT molecular complexity index is 1190. The van der Waals surface area contributed by atoms with E-state index in [9.17, 15) is 14.7 Å². The van der Waals surface area contributed by atoms with Gasteiger partial charge < -0.3 is 24.6 Å². The van der Waals surface area contributed by atoms with E-state index in [1.165, 1.54) is 5.56 Å². The number of hydrogen-bond donors (Lipinski definition) is 3. The number of nitrogens with zero attached hydrogens (tertiary/aromatic N) is 3. The molecule has 3 aromatic rings. The highest BCUT2D eigenvalue weighted by atomic mass is 16.5. The van der Waals surface area contributed by atoms with Crippen molar-refractivity contribution < 1.29 is 19.4 Å². The smallest absolute Gasteiger partial charge is 0.258 e. The van der Waals surface area contributed by atoms with Gasteiger partial charge in [-0.25, -0.2) is 4.98 Å². The first kappa shape index (κ1) is 20.5. The molecule has 3 heterocycles. The van der Waals surface area contributed by atoms with Crippen molar-refractivity contribution in [2.75, 3.05) is 48.4 Å². The number of carbonyl (C=O) groups is 2. The van der Waals surface area contributed by atoms with Gasteiger partial charge in [0.25, 0.3) is 11.8 Å².